The maximum atomic E-state index is 12.5. The summed E-state index contributed by atoms with van der Waals surface area (Å²) in [6.45, 7) is 10.9. The fourth-order valence-electron chi connectivity index (χ4n) is 3.07. The van der Waals surface area contributed by atoms with E-state index in [0.717, 1.165) is 16.8 Å². The Morgan fingerprint density at radius 1 is 1.29 bits per heavy atom. The lowest BCUT2D eigenvalue weighted by atomic mass is 10.0. The minimum atomic E-state index is 0.0293. The maximum absolute atomic E-state index is 12.5. The number of amides is 1. The van der Waals surface area contributed by atoms with Gasteiger partial charge in [0.25, 0.3) is 0 Å². The summed E-state index contributed by atoms with van der Waals surface area (Å²) in [5.41, 5.74) is 8.20. The molecule has 21 heavy (non-hydrogen) atoms. The molecule has 1 aliphatic rings. The van der Waals surface area contributed by atoms with E-state index in [2.05, 4.69) is 44.9 Å². The third-order valence-electron chi connectivity index (χ3n) is 5.04. The molecule has 1 aromatic carbocycles. The van der Waals surface area contributed by atoms with Crippen LogP contribution in [0, 0.1) is 35.5 Å². The van der Waals surface area contributed by atoms with E-state index in [1.54, 1.807) is 0 Å². The number of hydrogen-bond donors (Lipinski definition) is 2. The van der Waals surface area contributed by atoms with Gasteiger partial charge in [0.1, 0.15) is 0 Å². The molecule has 3 heteroatoms. The first-order valence-electron chi connectivity index (χ1n) is 7.32. The van der Waals surface area contributed by atoms with Crippen LogP contribution in [-0.4, -0.2) is 12.5 Å². The van der Waals surface area contributed by atoms with Gasteiger partial charge in [-0.15, -0.1) is 0 Å². The molecular formula is C18H24N2O. The van der Waals surface area contributed by atoms with Crippen molar-refractivity contribution in [3.8, 4) is 11.8 Å². The van der Waals surface area contributed by atoms with Crippen LogP contribution in [0.2, 0.25) is 0 Å². The molecule has 3 N–H and O–H groups in total. The van der Waals surface area contributed by atoms with Crippen molar-refractivity contribution in [1.82, 2.24) is 0 Å². The number of nitrogens with two attached hydrogens (primary N) is 1. The van der Waals surface area contributed by atoms with Crippen LogP contribution in [0.1, 0.15) is 38.8 Å². The van der Waals surface area contributed by atoms with Crippen LogP contribution in [0.25, 0.3) is 0 Å². The zero-order chi connectivity index (χ0) is 15.8. The summed E-state index contributed by atoms with van der Waals surface area (Å²) in [6, 6.07) is 5.87. The van der Waals surface area contributed by atoms with E-state index in [1.807, 2.05) is 25.1 Å². The SMILES string of the molecule is Cc1ccc(NC(=O)C2C(C)(C)C2(C)C)c(C#CCN)c1. The van der Waals surface area contributed by atoms with Gasteiger partial charge in [-0.3, -0.25) is 4.79 Å². The molecule has 2 rings (SSSR count). The minimum absolute atomic E-state index is 0.0293. The molecule has 0 radical (unpaired) electrons. The molecule has 1 aromatic rings. The van der Waals surface area contributed by atoms with Gasteiger partial charge in [-0.25, -0.2) is 0 Å². The van der Waals surface area contributed by atoms with Crippen molar-refractivity contribution in [2.75, 3.05) is 11.9 Å². The van der Waals surface area contributed by atoms with Crippen molar-refractivity contribution in [3.63, 3.8) is 0 Å². The van der Waals surface area contributed by atoms with Gasteiger partial charge in [-0.05, 0) is 35.4 Å². The summed E-state index contributed by atoms with van der Waals surface area (Å²) in [5.74, 6) is 5.98. The molecule has 0 atom stereocenters. The monoisotopic (exact) mass is 284 g/mol. The van der Waals surface area contributed by atoms with Crippen LogP contribution in [0.15, 0.2) is 18.2 Å². The van der Waals surface area contributed by atoms with E-state index in [4.69, 9.17) is 5.73 Å². The predicted octanol–water partition coefficient (Wildman–Crippen LogP) is 2.93. The van der Waals surface area contributed by atoms with E-state index in [1.165, 1.54) is 0 Å². The number of nitrogens with one attached hydrogen (secondary N) is 1. The molecule has 0 unspecified atom stereocenters. The van der Waals surface area contributed by atoms with Crippen LogP contribution in [0.3, 0.4) is 0 Å². The highest BCUT2D eigenvalue weighted by molar-refractivity contribution is 5.97. The topological polar surface area (TPSA) is 55.1 Å². The zero-order valence-electron chi connectivity index (χ0n) is 13.5. The smallest absolute Gasteiger partial charge is 0.228 e. The van der Waals surface area contributed by atoms with Gasteiger partial charge in [0.05, 0.1) is 12.2 Å². The van der Waals surface area contributed by atoms with Gasteiger partial charge >= 0.3 is 0 Å². The fraction of sp³-hybridized carbons (Fsp3) is 0.500. The second-order valence-corrected chi connectivity index (χ2v) is 6.92. The standard InChI is InChI=1S/C18H24N2O/c1-12-8-9-14(13(11-12)7-6-10-19)20-16(21)15-17(2,3)18(15,4)5/h8-9,11,15H,10,19H2,1-5H3,(H,20,21). The molecule has 1 fully saturated rings. The molecule has 0 saturated heterocycles. The van der Waals surface area contributed by atoms with E-state index in [0.29, 0.717) is 6.54 Å². The quantitative estimate of drug-likeness (QED) is 0.820. The molecule has 1 amide bonds. The van der Waals surface area contributed by atoms with Crippen molar-refractivity contribution in [2.45, 2.75) is 34.6 Å². The Morgan fingerprint density at radius 2 is 1.90 bits per heavy atom. The molecular weight excluding hydrogens is 260 g/mol. The molecule has 0 bridgehead atoms. The maximum Gasteiger partial charge on any atom is 0.228 e. The summed E-state index contributed by atoms with van der Waals surface area (Å²) < 4.78 is 0. The van der Waals surface area contributed by atoms with Crippen molar-refractivity contribution in [1.29, 1.82) is 0 Å². The second-order valence-electron chi connectivity index (χ2n) is 6.92. The molecule has 0 heterocycles. The van der Waals surface area contributed by atoms with Crippen LogP contribution in [0.5, 0.6) is 0 Å². The summed E-state index contributed by atoms with van der Waals surface area (Å²) in [5, 5.41) is 3.04. The van der Waals surface area contributed by atoms with E-state index < -0.39 is 0 Å². The molecule has 1 saturated carbocycles. The largest absolute Gasteiger partial charge is 0.325 e. The van der Waals surface area contributed by atoms with Crippen LogP contribution in [0.4, 0.5) is 5.69 Å². The summed E-state index contributed by atoms with van der Waals surface area (Å²) >= 11 is 0. The fourth-order valence-corrected chi connectivity index (χ4v) is 3.07. The second kappa shape index (κ2) is 5.20. The Labute approximate surface area is 127 Å². The highest BCUT2D eigenvalue weighted by Crippen LogP contribution is 2.68. The zero-order valence-corrected chi connectivity index (χ0v) is 13.5. The number of carbonyl (C=O) groups excluding carboxylic acids is 1. The van der Waals surface area contributed by atoms with Gasteiger partial charge in [0, 0.05) is 11.5 Å². The molecule has 112 valence electrons. The summed E-state index contributed by atoms with van der Waals surface area (Å²) in [6.07, 6.45) is 0. The Bertz CT molecular complexity index is 618. The van der Waals surface area contributed by atoms with Gasteiger partial charge in [0.2, 0.25) is 5.91 Å². The van der Waals surface area contributed by atoms with Crippen LogP contribution < -0.4 is 11.1 Å². The third kappa shape index (κ3) is 2.69. The lowest BCUT2D eigenvalue weighted by molar-refractivity contribution is -0.118. The number of benzene rings is 1. The molecule has 1 aliphatic carbocycles. The van der Waals surface area contributed by atoms with E-state index in [9.17, 15) is 4.79 Å². The molecule has 0 aliphatic heterocycles. The van der Waals surface area contributed by atoms with E-state index >= 15 is 0 Å². The first kappa shape index (κ1) is 15.6. The van der Waals surface area contributed by atoms with Crippen molar-refractivity contribution in [3.05, 3.63) is 29.3 Å². The Kier molecular flexibility index (Phi) is 3.86. The normalized spacial score (nSPS) is 18.6. The summed E-state index contributed by atoms with van der Waals surface area (Å²) in [7, 11) is 0. The molecule has 3 nitrogen and oxygen atoms in total. The van der Waals surface area contributed by atoms with Crippen molar-refractivity contribution in [2.24, 2.45) is 22.5 Å². The van der Waals surface area contributed by atoms with Crippen molar-refractivity contribution < 1.29 is 4.79 Å². The van der Waals surface area contributed by atoms with Crippen molar-refractivity contribution >= 4 is 11.6 Å². The Hall–Kier alpha value is -1.79. The van der Waals surface area contributed by atoms with Gasteiger partial charge in [-0.2, -0.15) is 0 Å². The molecule has 0 aromatic heterocycles. The highest BCUT2D eigenvalue weighted by Gasteiger charge is 2.68. The predicted molar refractivity (Wildman–Crippen MR) is 86.8 cm³/mol. The van der Waals surface area contributed by atoms with Gasteiger partial charge in [0.15, 0.2) is 0 Å². The minimum Gasteiger partial charge on any atom is -0.325 e. The van der Waals surface area contributed by atoms with Gasteiger partial charge < -0.3 is 11.1 Å². The first-order valence-corrected chi connectivity index (χ1v) is 7.32. The average molecular weight is 284 g/mol. The summed E-state index contributed by atoms with van der Waals surface area (Å²) in [4.78, 5) is 12.5. The number of anilines is 1. The average Bonchev–Trinajstić information content (AvgIpc) is 2.80. The Morgan fingerprint density at radius 3 is 2.43 bits per heavy atom. The Balaban J connectivity index is 2.23. The third-order valence-corrected chi connectivity index (χ3v) is 5.04. The molecule has 0 spiro atoms. The van der Waals surface area contributed by atoms with Crippen LogP contribution in [-0.2, 0) is 4.79 Å². The first-order chi connectivity index (χ1) is 9.71. The number of rotatable bonds is 2. The number of aryl methyl sites for hydroxylation is 1. The van der Waals surface area contributed by atoms with Crippen LogP contribution >= 0.6 is 0 Å². The van der Waals surface area contributed by atoms with E-state index in [-0.39, 0.29) is 22.7 Å². The van der Waals surface area contributed by atoms with Gasteiger partial charge in [-0.1, -0.05) is 45.6 Å². The number of carbonyl (C=O) groups is 1. The lowest BCUT2D eigenvalue weighted by Crippen LogP contribution is -2.18. The lowest BCUT2D eigenvalue weighted by Gasteiger charge is -2.09. The number of hydrogen-bond acceptors (Lipinski definition) is 2. The highest BCUT2D eigenvalue weighted by atomic mass is 16.2.